The van der Waals surface area contributed by atoms with E-state index in [0.29, 0.717) is 61.9 Å². The third kappa shape index (κ3) is 4.56. The van der Waals surface area contributed by atoms with Crippen LogP contribution in [0.5, 0.6) is 0 Å². The maximum absolute atomic E-state index is 15.3. The van der Waals surface area contributed by atoms with Gasteiger partial charge in [-0.2, -0.15) is 5.26 Å². The van der Waals surface area contributed by atoms with Gasteiger partial charge < -0.3 is 14.4 Å². The van der Waals surface area contributed by atoms with E-state index in [1.165, 1.54) is 11.0 Å². The SMILES string of the molecule is N#CC1(c2ccc(-c3ccc(N4C[C@H](Cn5ccnn5)OC4=O)cc3F)cn2)C2CN(C(=O)CN3CCOCC3)CC21. The number of hydrogen-bond acceptors (Lipinski definition) is 9. The van der Waals surface area contributed by atoms with Crippen LogP contribution in [-0.4, -0.2) is 100 Å². The van der Waals surface area contributed by atoms with Crippen LogP contribution in [0.1, 0.15) is 5.69 Å². The highest BCUT2D eigenvalue weighted by Gasteiger charge is 2.71. The van der Waals surface area contributed by atoms with Crippen LogP contribution < -0.4 is 4.90 Å². The Balaban J connectivity index is 1.00. The van der Waals surface area contributed by atoms with Crippen molar-refractivity contribution in [3.63, 3.8) is 0 Å². The molecule has 3 aromatic rings. The lowest BCUT2D eigenvalue weighted by Gasteiger charge is -2.29. The lowest BCUT2D eigenvalue weighted by molar-refractivity contribution is -0.133. The Labute approximate surface area is 241 Å². The van der Waals surface area contributed by atoms with Gasteiger partial charge in [-0.1, -0.05) is 11.3 Å². The molecule has 2 unspecified atom stereocenters. The minimum absolute atomic E-state index is 0.0408. The van der Waals surface area contributed by atoms with Gasteiger partial charge >= 0.3 is 6.09 Å². The number of amides is 2. The normalized spacial score (nSPS) is 27.0. The topological polar surface area (TPSA) is 130 Å². The highest BCUT2D eigenvalue weighted by Crippen LogP contribution is 2.62. The number of aromatic nitrogens is 4. The third-order valence-electron chi connectivity index (χ3n) is 8.88. The van der Waals surface area contributed by atoms with Crippen molar-refractivity contribution < 1.29 is 23.5 Å². The Morgan fingerprint density at radius 1 is 1.14 bits per heavy atom. The van der Waals surface area contributed by atoms with Gasteiger partial charge in [0.25, 0.3) is 0 Å². The molecule has 7 rings (SSSR count). The monoisotopic (exact) mass is 572 g/mol. The first-order valence-corrected chi connectivity index (χ1v) is 14.0. The van der Waals surface area contributed by atoms with Crippen LogP contribution in [0.25, 0.3) is 11.1 Å². The van der Waals surface area contributed by atoms with Crippen LogP contribution in [0.4, 0.5) is 14.9 Å². The fourth-order valence-corrected chi connectivity index (χ4v) is 6.56. The van der Waals surface area contributed by atoms with Gasteiger partial charge in [-0.3, -0.25) is 19.6 Å². The number of anilines is 1. The Kier molecular flexibility index (Phi) is 6.59. The van der Waals surface area contributed by atoms with E-state index in [4.69, 9.17) is 9.47 Å². The molecule has 3 aliphatic heterocycles. The molecule has 12 nitrogen and oxygen atoms in total. The maximum Gasteiger partial charge on any atom is 0.414 e. The van der Waals surface area contributed by atoms with Gasteiger partial charge in [0.1, 0.15) is 17.3 Å². The summed E-state index contributed by atoms with van der Waals surface area (Å²) in [6, 6.07) is 10.6. The van der Waals surface area contributed by atoms with E-state index in [9.17, 15) is 14.9 Å². The molecule has 2 amide bonds. The molecule has 5 heterocycles. The molecule has 4 aliphatic rings. The van der Waals surface area contributed by atoms with E-state index in [2.05, 4.69) is 26.3 Å². The Morgan fingerprint density at radius 2 is 1.95 bits per heavy atom. The van der Waals surface area contributed by atoms with E-state index in [-0.39, 0.29) is 24.3 Å². The highest BCUT2D eigenvalue weighted by molar-refractivity contribution is 5.90. The number of benzene rings is 1. The molecular formula is C29H29FN8O4. The first kappa shape index (κ1) is 26.5. The van der Waals surface area contributed by atoms with Crippen molar-refractivity contribution >= 4 is 17.7 Å². The van der Waals surface area contributed by atoms with Crippen molar-refractivity contribution in [2.24, 2.45) is 11.8 Å². The number of nitriles is 1. The quantitative estimate of drug-likeness (QED) is 0.415. The Morgan fingerprint density at radius 3 is 2.62 bits per heavy atom. The molecule has 0 bridgehead atoms. The van der Waals surface area contributed by atoms with Crippen molar-refractivity contribution in [1.29, 1.82) is 5.26 Å². The number of carbonyl (C=O) groups excluding carboxylic acids is 2. The number of nitrogens with zero attached hydrogens (tertiary/aromatic N) is 8. The second kappa shape index (κ2) is 10.5. The summed E-state index contributed by atoms with van der Waals surface area (Å²) < 4.78 is 27.6. The van der Waals surface area contributed by atoms with Gasteiger partial charge in [0.2, 0.25) is 5.91 Å². The van der Waals surface area contributed by atoms with E-state index < -0.39 is 23.4 Å². The number of hydrogen-bond donors (Lipinski definition) is 0. The van der Waals surface area contributed by atoms with Crippen molar-refractivity contribution in [1.82, 2.24) is 29.8 Å². The Bertz CT molecular complexity index is 1520. The first-order valence-electron chi connectivity index (χ1n) is 14.0. The number of morpholine rings is 1. The summed E-state index contributed by atoms with van der Waals surface area (Å²) in [5, 5.41) is 17.8. The number of rotatable bonds is 7. The lowest BCUT2D eigenvalue weighted by atomic mass is 9.95. The molecule has 0 radical (unpaired) electrons. The zero-order valence-electron chi connectivity index (χ0n) is 22.8. The van der Waals surface area contributed by atoms with Gasteiger partial charge in [-0.15, -0.1) is 5.10 Å². The number of ether oxygens (including phenoxy) is 2. The third-order valence-corrected chi connectivity index (χ3v) is 8.88. The molecule has 13 heteroatoms. The number of fused-ring (bicyclic) bond motifs is 1. The molecule has 3 atom stereocenters. The minimum Gasteiger partial charge on any atom is -0.442 e. The van der Waals surface area contributed by atoms with Gasteiger partial charge in [0.05, 0.1) is 56.5 Å². The fourth-order valence-electron chi connectivity index (χ4n) is 6.56. The zero-order valence-corrected chi connectivity index (χ0v) is 22.8. The second-order valence-electron chi connectivity index (χ2n) is 11.2. The van der Waals surface area contributed by atoms with E-state index in [0.717, 1.165) is 13.1 Å². The lowest BCUT2D eigenvalue weighted by Crippen LogP contribution is -2.45. The molecule has 4 fully saturated rings. The van der Waals surface area contributed by atoms with Crippen LogP contribution in [0, 0.1) is 29.0 Å². The van der Waals surface area contributed by atoms with Crippen LogP contribution in [0.3, 0.4) is 0 Å². The number of pyridine rings is 1. The average Bonchev–Trinajstić information content (AvgIpc) is 3.51. The fraction of sp³-hybridized carbons (Fsp3) is 0.448. The summed E-state index contributed by atoms with van der Waals surface area (Å²) in [7, 11) is 0. The van der Waals surface area contributed by atoms with Crippen molar-refractivity contribution in [2.75, 3.05) is 57.4 Å². The molecule has 2 aromatic heterocycles. The van der Waals surface area contributed by atoms with Crippen LogP contribution >= 0.6 is 0 Å². The smallest absolute Gasteiger partial charge is 0.414 e. The van der Waals surface area contributed by atoms with E-state index in [1.54, 1.807) is 47.5 Å². The molecule has 3 saturated heterocycles. The van der Waals surface area contributed by atoms with Crippen LogP contribution in [-0.2, 0) is 26.2 Å². The number of cyclic esters (lactones) is 1. The summed E-state index contributed by atoms with van der Waals surface area (Å²) in [5.41, 5.74) is 1.23. The largest absolute Gasteiger partial charge is 0.442 e. The van der Waals surface area contributed by atoms with Crippen molar-refractivity contribution in [3.8, 4) is 17.2 Å². The summed E-state index contributed by atoms with van der Waals surface area (Å²) in [5.74, 6) is -0.327. The summed E-state index contributed by atoms with van der Waals surface area (Å²) in [6.45, 7) is 4.88. The number of piperidine rings is 1. The van der Waals surface area contributed by atoms with E-state index in [1.807, 2.05) is 4.90 Å². The highest BCUT2D eigenvalue weighted by atomic mass is 19.1. The predicted octanol–water partition coefficient (Wildman–Crippen LogP) is 1.69. The summed E-state index contributed by atoms with van der Waals surface area (Å²) >= 11 is 0. The molecule has 1 saturated carbocycles. The molecular weight excluding hydrogens is 543 g/mol. The molecule has 1 aliphatic carbocycles. The van der Waals surface area contributed by atoms with Gasteiger partial charge in [-0.25, -0.2) is 13.9 Å². The van der Waals surface area contributed by atoms with Crippen molar-refractivity contribution in [2.45, 2.75) is 18.1 Å². The standard InChI is InChI=1S/C29H29FN8O4/c30-25-11-20(38-14-21(42-28(38)40)13-37-6-5-33-34-37)2-3-22(25)19-1-4-26(32-12-19)29(18-31)23-15-36(16-24(23)29)27(39)17-35-7-9-41-10-8-35/h1-6,11-12,21,23-24H,7-10,13-17H2/t21-,23?,24?,29?/m0/s1. The van der Waals surface area contributed by atoms with E-state index >= 15 is 4.39 Å². The number of likely N-dealkylation sites (tertiary alicyclic amines) is 1. The van der Waals surface area contributed by atoms with Gasteiger partial charge in [0.15, 0.2) is 0 Å². The molecule has 1 aromatic carbocycles. The second-order valence-corrected chi connectivity index (χ2v) is 11.2. The maximum atomic E-state index is 15.3. The first-order chi connectivity index (χ1) is 20.5. The predicted molar refractivity (Wildman–Crippen MR) is 145 cm³/mol. The minimum atomic E-state index is -0.727. The molecule has 216 valence electrons. The average molecular weight is 573 g/mol. The summed E-state index contributed by atoms with van der Waals surface area (Å²) in [4.78, 5) is 35.2. The molecule has 42 heavy (non-hydrogen) atoms. The number of halogens is 1. The zero-order chi connectivity index (χ0) is 28.8. The Hall–Kier alpha value is -4.41. The molecule has 0 N–H and O–H groups in total. The van der Waals surface area contributed by atoms with Crippen LogP contribution in [0.2, 0.25) is 0 Å². The van der Waals surface area contributed by atoms with Crippen molar-refractivity contribution in [3.05, 3.63) is 60.4 Å². The number of carbonyl (C=O) groups is 2. The van der Waals surface area contributed by atoms with Gasteiger partial charge in [0, 0.05) is 61.5 Å². The van der Waals surface area contributed by atoms with Crippen LogP contribution in [0.15, 0.2) is 48.9 Å². The van der Waals surface area contributed by atoms with Gasteiger partial charge in [-0.05, 0) is 24.3 Å². The molecule has 0 spiro atoms. The summed E-state index contributed by atoms with van der Waals surface area (Å²) in [6.07, 6.45) is 3.84.